The molecule has 6 nitrogen and oxygen atoms in total. The molecule has 1 fully saturated rings. The van der Waals surface area contributed by atoms with Crippen molar-refractivity contribution in [3.05, 3.63) is 17.7 Å². The normalized spacial score (nSPS) is 19.0. The molecule has 0 spiro atoms. The van der Waals surface area contributed by atoms with Crippen LogP contribution >= 0.6 is 0 Å². The molecule has 1 aliphatic heterocycles. The van der Waals surface area contributed by atoms with Crippen LogP contribution < -0.4 is 24.8 Å². The van der Waals surface area contributed by atoms with Crippen molar-refractivity contribution >= 4 is 5.91 Å². The Morgan fingerprint density at radius 2 is 1.88 bits per heavy atom. The number of hydrogen-bond donors (Lipinski definition) is 2. The number of ether oxygens (including phenoxy) is 3. The Morgan fingerprint density at radius 1 is 1.25 bits per heavy atom. The lowest BCUT2D eigenvalue weighted by molar-refractivity contribution is -0.123. The van der Waals surface area contributed by atoms with E-state index >= 15 is 0 Å². The van der Waals surface area contributed by atoms with E-state index in [-0.39, 0.29) is 6.54 Å². The third kappa shape index (κ3) is 4.25. The van der Waals surface area contributed by atoms with Gasteiger partial charge in [-0.1, -0.05) is 0 Å². The van der Waals surface area contributed by atoms with E-state index in [1.165, 1.54) is 14.2 Å². The van der Waals surface area contributed by atoms with Gasteiger partial charge in [-0.25, -0.2) is 8.78 Å². The Morgan fingerprint density at radius 3 is 2.33 bits per heavy atom. The molecule has 0 radical (unpaired) electrons. The van der Waals surface area contributed by atoms with Crippen molar-refractivity contribution in [3.8, 4) is 17.2 Å². The summed E-state index contributed by atoms with van der Waals surface area (Å²) in [5, 5.41) is 5.19. The number of hydrogen-bond acceptors (Lipinski definition) is 5. The summed E-state index contributed by atoms with van der Waals surface area (Å²) in [6.45, 7) is -0.188. The Bertz CT molecular complexity index is 570. The summed E-state index contributed by atoms with van der Waals surface area (Å²) in [7, 11) is 4.60. The fraction of sp³-hybridized carbons (Fsp3) is 0.562. The topological polar surface area (TPSA) is 68.8 Å². The van der Waals surface area contributed by atoms with E-state index in [4.69, 9.17) is 14.2 Å². The highest BCUT2D eigenvalue weighted by molar-refractivity contribution is 5.82. The maximum absolute atomic E-state index is 13.1. The minimum atomic E-state index is -2.83. The molecule has 8 heteroatoms. The van der Waals surface area contributed by atoms with Gasteiger partial charge in [0.2, 0.25) is 5.91 Å². The number of carbonyl (C=O) groups excluding carboxylic acids is 1. The van der Waals surface area contributed by atoms with Gasteiger partial charge in [-0.05, 0) is 6.42 Å². The summed E-state index contributed by atoms with van der Waals surface area (Å²) in [5.74, 6) is -1.52. The summed E-state index contributed by atoms with van der Waals surface area (Å²) in [6.07, 6.45) is -0.0425. The van der Waals surface area contributed by atoms with Crippen LogP contribution in [0.15, 0.2) is 12.1 Å². The van der Waals surface area contributed by atoms with Gasteiger partial charge in [0, 0.05) is 30.7 Å². The second-order valence-corrected chi connectivity index (χ2v) is 5.55. The second kappa shape index (κ2) is 7.65. The molecule has 134 valence electrons. The Kier molecular flexibility index (Phi) is 5.82. The third-order valence-electron chi connectivity index (χ3n) is 3.92. The quantitative estimate of drug-likeness (QED) is 0.782. The van der Waals surface area contributed by atoms with Crippen LogP contribution in [0.3, 0.4) is 0 Å². The standard InChI is InChI=1S/C16H22F2N2O4/c1-22-10-6-13(23-2)11(14(7-10)24-3)4-5-19-15(21)12-8-16(17,18)9-20-12/h6-7,12,20H,4-5,8-9H2,1-3H3,(H,19,21). The maximum Gasteiger partial charge on any atom is 0.262 e. The zero-order valence-electron chi connectivity index (χ0n) is 13.9. The van der Waals surface area contributed by atoms with Crippen LogP contribution in [-0.2, 0) is 11.2 Å². The van der Waals surface area contributed by atoms with Crippen LogP contribution in [0, 0.1) is 0 Å². The van der Waals surface area contributed by atoms with E-state index in [0.717, 1.165) is 5.56 Å². The number of carbonyl (C=O) groups is 1. The molecule has 1 saturated heterocycles. The Hall–Kier alpha value is -2.09. The number of rotatable bonds is 7. The predicted molar refractivity (Wildman–Crippen MR) is 84.2 cm³/mol. The van der Waals surface area contributed by atoms with Crippen molar-refractivity contribution in [1.29, 1.82) is 0 Å². The summed E-state index contributed by atoms with van der Waals surface area (Å²) >= 11 is 0. The molecule has 1 heterocycles. The SMILES string of the molecule is COc1cc(OC)c(CCNC(=O)C2CC(F)(F)CN2)c(OC)c1. The zero-order chi connectivity index (χ0) is 17.7. The molecular weight excluding hydrogens is 322 g/mol. The molecular formula is C16H22F2N2O4. The average Bonchev–Trinajstić information content (AvgIpc) is 2.94. The van der Waals surface area contributed by atoms with Gasteiger partial charge >= 0.3 is 0 Å². The number of halogens is 2. The van der Waals surface area contributed by atoms with E-state index < -0.39 is 30.8 Å². The summed E-state index contributed by atoms with van der Waals surface area (Å²) in [4.78, 5) is 11.9. The summed E-state index contributed by atoms with van der Waals surface area (Å²) in [6, 6.07) is 2.58. The number of alkyl halides is 2. The van der Waals surface area contributed by atoms with Crippen LogP contribution in [0.25, 0.3) is 0 Å². The van der Waals surface area contributed by atoms with E-state index in [9.17, 15) is 13.6 Å². The molecule has 1 atom stereocenters. The summed E-state index contributed by atoms with van der Waals surface area (Å²) < 4.78 is 42.1. The van der Waals surface area contributed by atoms with E-state index in [0.29, 0.717) is 23.7 Å². The Labute approximate surface area is 139 Å². The lowest BCUT2D eigenvalue weighted by atomic mass is 10.1. The minimum Gasteiger partial charge on any atom is -0.496 e. The monoisotopic (exact) mass is 344 g/mol. The van der Waals surface area contributed by atoms with Crippen molar-refractivity contribution < 1.29 is 27.8 Å². The molecule has 0 bridgehead atoms. The predicted octanol–water partition coefficient (Wildman–Crippen LogP) is 1.37. The molecule has 0 aromatic heterocycles. The molecule has 2 N–H and O–H groups in total. The van der Waals surface area contributed by atoms with Crippen molar-refractivity contribution in [2.45, 2.75) is 24.8 Å². The molecule has 24 heavy (non-hydrogen) atoms. The van der Waals surface area contributed by atoms with Gasteiger partial charge in [-0.3, -0.25) is 10.1 Å². The van der Waals surface area contributed by atoms with Gasteiger partial charge in [-0.2, -0.15) is 0 Å². The first-order chi connectivity index (χ1) is 11.4. The van der Waals surface area contributed by atoms with E-state index in [1.54, 1.807) is 19.2 Å². The van der Waals surface area contributed by atoms with Gasteiger partial charge in [0.15, 0.2) is 0 Å². The van der Waals surface area contributed by atoms with Crippen LogP contribution in [0.1, 0.15) is 12.0 Å². The lowest BCUT2D eigenvalue weighted by Crippen LogP contribution is -2.41. The van der Waals surface area contributed by atoms with Crippen LogP contribution in [0.4, 0.5) is 8.78 Å². The number of amides is 1. The number of benzene rings is 1. The maximum atomic E-state index is 13.1. The van der Waals surface area contributed by atoms with E-state index in [1.807, 2.05) is 0 Å². The third-order valence-corrected chi connectivity index (χ3v) is 3.92. The first kappa shape index (κ1) is 18.3. The van der Waals surface area contributed by atoms with Crippen molar-refractivity contribution in [3.63, 3.8) is 0 Å². The lowest BCUT2D eigenvalue weighted by Gasteiger charge is -2.16. The molecule has 1 unspecified atom stereocenters. The first-order valence-electron chi connectivity index (χ1n) is 7.58. The largest absolute Gasteiger partial charge is 0.496 e. The smallest absolute Gasteiger partial charge is 0.262 e. The van der Waals surface area contributed by atoms with Crippen LogP contribution in [0.5, 0.6) is 17.2 Å². The molecule has 2 rings (SSSR count). The molecule has 1 aliphatic rings. The van der Waals surface area contributed by atoms with Crippen molar-refractivity contribution in [1.82, 2.24) is 10.6 Å². The van der Waals surface area contributed by atoms with E-state index in [2.05, 4.69) is 10.6 Å². The van der Waals surface area contributed by atoms with Gasteiger partial charge in [0.05, 0.1) is 33.9 Å². The molecule has 1 aromatic rings. The van der Waals surface area contributed by atoms with Crippen LogP contribution in [0.2, 0.25) is 0 Å². The number of nitrogens with one attached hydrogen (secondary N) is 2. The summed E-state index contributed by atoms with van der Waals surface area (Å²) in [5.41, 5.74) is 0.769. The zero-order valence-corrected chi connectivity index (χ0v) is 13.9. The molecule has 1 aromatic carbocycles. The minimum absolute atomic E-state index is 0.279. The van der Waals surface area contributed by atoms with Gasteiger partial charge in [-0.15, -0.1) is 0 Å². The van der Waals surface area contributed by atoms with Crippen molar-refractivity contribution in [2.24, 2.45) is 0 Å². The number of methoxy groups -OCH3 is 3. The fourth-order valence-corrected chi connectivity index (χ4v) is 2.66. The van der Waals surface area contributed by atoms with Crippen LogP contribution in [-0.4, -0.2) is 52.3 Å². The van der Waals surface area contributed by atoms with Gasteiger partial charge in [0.1, 0.15) is 17.2 Å². The highest BCUT2D eigenvalue weighted by Crippen LogP contribution is 2.34. The van der Waals surface area contributed by atoms with Gasteiger partial charge < -0.3 is 19.5 Å². The molecule has 0 aliphatic carbocycles. The highest BCUT2D eigenvalue weighted by atomic mass is 19.3. The van der Waals surface area contributed by atoms with Gasteiger partial charge in [0.25, 0.3) is 5.92 Å². The first-order valence-corrected chi connectivity index (χ1v) is 7.58. The Balaban J connectivity index is 1.98. The average molecular weight is 344 g/mol. The highest BCUT2D eigenvalue weighted by Gasteiger charge is 2.42. The molecule has 1 amide bonds. The second-order valence-electron chi connectivity index (χ2n) is 5.55. The van der Waals surface area contributed by atoms with Crippen molar-refractivity contribution in [2.75, 3.05) is 34.4 Å². The fourth-order valence-electron chi connectivity index (χ4n) is 2.66. The molecule has 0 saturated carbocycles.